The standard InChI is InChI=1S/C18H25F3N2O2/c1-17(2,3)25-16(24)22-9-14-11-23(12-15(14)18(19,20)21)10-13-7-5-4-6-8-13/h4-8,14-15H,9-12H2,1-3H3,(H,22,24)/t14-,15-/m0/s1. The SMILES string of the molecule is CC(C)(C)OC(=O)NC[C@H]1CN(Cc2ccccc2)C[C@@H]1C(F)(F)F. The highest BCUT2D eigenvalue weighted by molar-refractivity contribution is 5.67. The average molecular weight is 358 g/mol. The molecule has 2 rings (SSSR count). The normalized spacial score (nSPS) is 22.0. The summed E-state index contributed by atoms with van der Waals surface area (Å²) in [5.74, 6) is -2.14. The van der Waals surface area contributed by atoms with Crippen LogP contribution in [-0.2, 0) is 11.3 Å². The van der Waals surface area contributed by atoms with Gasteiger partial charge in [0.25, 0.3) is 0 Å². The van der Waals surface area contributed by atoms with Crippen molar-refractivity contribution < 1.29 is 22.7 Å². The Kier molecular flexibility index (Phi) is 5.98. The first-order chi connectivity index (χ1) is 11.5. The van der Waals surface area contributed by atoms with E-state index in [0.717, 1.165) is 5.56 Å². The van der Waals surface area contributed by atoms with Crippen LogP contribution in [0.4, 0.5) is 18.0 Å². The zero-order valence-corrected chi connectivity index (χ0v) is 14.8. The number of carbonyl (C=O) groups is 1. The molecular formula is C18H25F3N2O2. The highest BCUT2D eigenvalue weighted by Gasteiger charge is 2.49. The molecule has 1 aromatic carbocycles. The Hall–Kier alpha value is -1.76. The van der Waals surface area contributed by atoms with Gasteiger partial charge in [-0.3, -0.25) is 4.90 Å². The van der Waals surface area contributed by atoms with Crippen LogP contribution < -0.4 is 5.32 Å². The molecule has 1 saturated heterocycles. The summed E-state index contributed by atoms with van der Waals surface area (Å²) in [4.78, 5) is 13.5. The number of hydrogen-bond acceptors (Lipinski definition) is 3. The summed E-state index contributed by atoms with van der Waals surface area (Å²) in [6, 6.07) is 9.41. The van der Waals surface area contributed by atoms with Crippen LogP contribution in [0, 0.1) is 11.8 Å². The van der Waals surface area contributed by atoms with Gasteiger partial charge in [0.05, 0.1) is 5.92 Å². The molecule has 1 N–H and O–H groups in total. The van der Waals surface area contributed by atoms with Crippen molar-refractivity contribution in [3.8, 4) is 0 Å². The smallest absolute Gasteiger partial charge is 0.407 e. The fraction of sp³-hybridized carbons (Fsp3) is 0.611. The molecule has 1 heterocycles. The van der Waals surface area contributed by atoms with E-state index in [1.165, 1.54) is 0 Å². The van der Waals surface area contributed by atoms with Crippen LogP contribution in [-0.4, -0.2) is 42.4 Å². The van der Waals surface area contributed by atoms with E-state index in [0.29, 0.717) is 6.54 Å². The first-order valence-electron chi connectivity index (χ1n) is 8.34. The minimum absolute atomic E-state index is 0.0512. The van der Waals surface area contributed by atoms with Crippen molar-refractivity contribution in [3.63, 3.8) is 0 Å². The molecule has 1 aliphatic rings. The largest absolute Gasteiger partial charge is 0.444 e. The molecule has 7 heteroatoms. The number of alkyl halides is 3. The second-order valence-electron chi connectivity index (χ2n) is 7.47. The van der Waals surface area contributed by atoms with E-state index < -0.39 is 29.7 Å². The second-order valence-corrected chi connectivity index (χ2v) is 7.47. The Labute approximate surface area is 146 Å². The topological polar surface area (TPSA) is 41.6 Å². The van der Waals surface area contributed by atoms with Crippen LogP contribution in [0.25, 0.3) is 0 Å². The van der Waals surface area contributed by atoms with E-state index in [1.807, 2.05) is 30.3 Å². The number of ether oxygens (including phenoxy) is 1. The maximum atomic E-state index is 13.3. The number of carbonyl (C=O) groups excluding carboxylic acids is 1. The van der Waals surface area contributed by atoms with Crippen LogP contribution in [0.1, 0.15) is 26.3 Å². The maximum Gasteiger partial charge on any atom is 0.407 e. The van der Waals surface area contributed by atoms with Crippen molar-refractivity contribution in [1.29, 1.82) is 0 Å². The predicted molar refractivity (Wildman–Crippen MR) is 89.0 cm³/mol. The Morgan fingerprint density at radius 3 is 2.40 bits per heavy atom. The number of halogens is 3. The first-order valence-corrected chi connectivity index (χ1v) is 8.34. The first kappa shape index (κ1) is 19.6. The summed E-state index contributed by atoms with van der Waals surface area (Å²) < 4.78 is 45.1. The molecule has 1 amide bonds. The van der Waals surface area contributed by atoms with Gasteiger partial charge >= 0.3 is 12.3 Å². The van der Waals surface area contributed by atoms with Gasteiger partial charge in [0.15, 0.2) is 0 Å². The zero-order valence-electron chi connectivity index (χ0n) is 14.8. The van der Waals surface area contributed by atoms with Crippen molar-refractivity contribution in [2.75, 3.05) is 19.6 Å². The number of nitrogens with zero attached hydrogens (tertiary/aromatic N) is 1. The molecule has 0 spiro atoms. The molecule has 0 unspecified atom stereocenters. The molecule has 0 radical (unpaired) electrons. The van der Waals surface area contributed by atoms with E-state index in [1.54, 1.807) is 25.7 Å². The second kappa shape index (κ2) is 7.64. The Bertz CT molecular complexity index is 570. The summed E-state index contributed by atoms with van der Waals surface area (Å²) >= 11 is 0. The van der Waals surface area contributed by atoms with E-state index in [9.17, 15) is 18.0 Å². The summed E-state index contributed by atoms with van der Waals surface area (Å²) in [5, 5.41) is 2.48. The summed E-state index contributed by atoms with van der Waals surface area (Å²) in [6.07, 6.45) is -4.97. The van der Waals surface area contributed by atoms with Crippen LogP contribution in [0.15, 0.2) is 30.3 Å². The lowest BCUT2D eigenvalue weighted by Gasteiger charge is -2.23. The lowest BCUT2D eigenvalue weighted by atomic mass is 9.95. The van der Waals surface area contributed by atoms with Gasteiger partial charge in [-0.2, -0.15) is 13.2 Å². The van der Waals surface area contributed by atoms with E-state index >= 15 is 0 Å². The van der Waals surface area contributed by atoms with Crippen LogP contribution in [0.3, 0.4) is 0 Å². The lowest BCUT2D eigenvalue weighted by molar-refractivity contribution is -0.180. The number of hydrogen-bond donors (Lipinski definition) is 1. The lowest BCUT2D eigenvalue weighted by Crippen LogP contribution is -2.39. The third-order valence-corrected chi connectivity index (χ3v) is 4.09. The molecule has 1 aromatic rings. The number of nitrogens with one attached hydrogen (secondary N) is 1. The highest BCUT2D eigenvalue weighted by atomic mass is 19.4. The number of alkyl carbamates (subject to hydrolysis) is 1. The Balaban J connectivity index is 1.96. The molecule has 140 valence electrons. The van der Waals surface area contributed by atoms with Crippen molar-refractivity contribution >= 4 is 6.09 Å². The van der Waals surface area contributed by atoms with Gasteiger partial charge in [0.1, 0.15) is 5.60 Å². The summed E-state index contributed by atoms with van der Waals surface area (Å²) in [5.41, 5.74) is 0.298. The van der Waals surface area contributed by atoms with Gasteiger partial charge < -0.3 is 10.1 Å². The minimum atomic E-state index is -4.29. The van der Waals surface area contributed by atoms with Gasteiger partial charge in [-0.15, -0.1) is 0 Å². The third-order valence-electron chi connectivity index (χ3n) is 4.09. The third kappa shape index (κ3) is 6.23. The molecule has 1 aliphatic heterocycles. The number of likely N-dealkylation sites (tertiary alicyclic amines) is 1. The van der Waals surface area contributed by atoms with Gasteiger partial charge in [0, 0.05) is 32.1 Å². The number of amides is 1. The van der Waals surface area contributed by atoms with E-state index in [4.69, 9.17) is 4.74 Å². The van der Waals surface area contributed by atoms with Crippen molar-refractivity contribution in [2.45, 2.75) is 39.1 Å². The van der Waals surface area contributed by atoms with Crippen LogP contribution >= 0.6 is 0 Å². The van der Waals surface area contributed by atoms with Gasteiger partial charge in [-0.25, -0.2) is 4.79 Å². The van der Waals surface area contributed by atoms with Gasteiger partial charge in [-0.1, -0.05) is 30.3 Å². The molecule has 0 aliphatic carbocycles. The number of benzene rings is 1. The molecule has 0 bridgehead atoms. The molecule has 2 atom stereocenters. The van der Waals surface area contributed by atoms with Crippen LogP contribution in [0.5, 0.6) is 0 Å². The van der Waals surface area contributed by atoms with E-state index in [-0.39, 0.29) is 19.6 Å². The summed E-state index contributed by atoms with van der Waals surface area (Å²) in [7, 11) is 0. The van der Waals surface area contributed by atoms with Crippen molar-refractivity contribution in [1.82, 2.24) is 10.2 Å². The quantitative estimate of drug-likeness (QED) is 0.890. The van der Waals surface area contributed by atoms with Crippen molar-refractivity contribution in [2.24, 2.45) is 11.8 Å². The fourth-order valence-electron chi connectivity index (χ4n) is 3.04. The van der Waals surface area contributed by atoms with E-state index in [2.05, 4.69) is 5.32 Å². The average Bonchev–Trinajstić information content (AvgIpc) is 2.87. The fourth-order valence-corrected chi connectivity index (χ4v) is 3.04. The molecule has 4 nitrogen and oxygen atoms in total. The maximum absolute atomic E-state index is 13.3. The molecule has 25 heavy (non-hydrogen) atoms. The van der Waals surface area contributed by atoms with Gasteiger partial charge in [0.2, 0.25) is 0 Å². The number of rotatable bonds is 4. The van der Waals surface area contributed by atoms with Crippen molar-refractivity contribution in [3.05, 3.63) is 35.9 Å². The minimum Gasteiger partial charge on any atom is -0.444 e. The molecule has 0 aromatic heterocycles. The molecule has 0 saturated carbocycles. The predicted octanol–water partition coefficient (Wildman–Crippen LogP) is 3.82. The van der Waals surface area contributed by atoms with Gasteiger partial charge in [-0.05, 0) is 26.3 Å². The van der Waals surface area contributed by atoms with Crippen LogP contribution in [0.2, 0.25) is 0 Å². The monoisotopic (exact) mass is 358 g/mol. The zero-order chi connectivity index (χ0) is 18.7. The molecule has 1 fully saturated rings. The highest BCUT2D eigenvalue weighted by Crippen LogP contribution is 2.37. The Morgan fingerprint density at radius 1 is 1.20 bits per heavy atom. The Morgan fingerprint density at radius 2 is 1.84 bits per heavy atom. The summed E-state index contributed by atoms with van der Waals surface area (Å²) in [6.45, 7) is 5.78. The molecular weight excluding hydrogens is 333 g/mol.